The van der Waals surface area contributed by atoms with Gasteiger partial charge in [0.05, 0.1) is 5.33 Å². The summed E-state index contributed by atoms with van der Waals surface area (Å²) in [5.41, 5.74) is 0. The van der Waals surface area contributed by atoms with Crippen LogP contribution in [0.15, 0.2) is 0 Å². The van der Waals surface area contributed by atoms with Crippen molar-refractivity contribution < 1.29 is 4.79 Å². The first kappa shape index (κ1) is 10.9. The fourth-order valence-corrected chi connectivity index (χ4v) is 1.00. The van der Waals surface area contributed by atoms with Crippen LogP contribution in [-0.4, -0.2) is 55.3 Å². The Hall–Kier alpha value is -0.0900. The maximum atomic E-state index is 11.0. The fraction of sp³-hybridized carbons (Fsp3) is 0.857. The minimum atomic E-state index is 0.131. The molecule has 0 aromatic heterocycles. The molecule has 0 N–H and O–H groups in total. The second-order valence-electron chi connectivity index (χ2n) is 2.75. The Morgan fingerprint density at radius 1 is 1.27 bits per heavy atom. The van der Waals surface area contributed by atoms with Crippen molar-refractivity contribution in [2.75, 3.05) is 39.6 Å². The predicted octanol–water partition coefficient (Wildman–Crippen LogP) is 0.401. The van der Waals surface area contributed by atoms with Crippen molar-refractivity contribution in [2.45, 2.75) is 0 Å². The minimum Gasteiger partial charge on any atom is -0.344 e. The van der Waals surface area contributed by atoms with Crippen molar-refractivity contribution in [1.82, 2.24) is 9.80 Å². The summed E-state index contributed by atoms with van der Waals surface area (Å²) in [6, 6.07) is 0. The van der Waals surface area contributed by atoms with Gasteiger partial charge in [-0.15, -0.1) is 0 Å². The van der Waals surface area contributed by atoms with Gasteiger partial charge in [0.2, 0.25) is 5.91 Å². The lowest BCUT2D eigenvalue weighted by Crippen LogP contribution is -2.34. The highest BCUT2D eigenvalue weighted by Crippen LogP contribution is 1.89. The van der Waals surface area contributed by atoms with E-state index in [4.69, 9.17) is 0 Å². The number of alkyl halides is 1. The van der Waals surface area contributed by atoms with E-state index in [2.05, 4.69) is 20.8 Å². The molecule has 0 aliphatic rings. The van der Waals surface area contributed by atoms with E-state index in [1.807, 2.05) is 21.1 Å². The first-order valence-corrected chi connectivity index (χ1v) is 4.64. The van der Waals surface area contributed by atoms with Crippen molar-refractivity contribution in [3.8, 4) is 0 Å². The molecule has 0 spiro atoms. The Balaban J connectivity index is 3.52. The Morgan fingerprint density at radius 2 is 1.82 bits per heavy atom. The summed E-state index contributed by atoms with van der Waals surface area (Å²) in [5, 5.41) is 0.414. The van der Waals surface area contributed by atoms with Crippen molar-refractivity contribution >= 4 is 21.8 Å². The number of carbonyl (C=O) groups excluding carboxylic acids is 1. The average molecular weight is 223 g/mol. The summed E-state index contributed by atoms with van der Waals surface area (Å²) in [4.78, 5) is 14.8. The van der Waals surface area contributed by atoms with Crippen molar-refractivity contribution in [1.29, 1.82) is 0 Å². The van der Waals surface area contributed by atoms with Crippen LogP contribution in [0.3, 0.4) is 0 Å². The van der Waals surface area contributed by atoms with Crippen LogP contribution in [0, 0.1) is 0 Å². The average Bonchev–Trinajstić information content (AvgIpc) is 1.98. The molecule has 0 unspecified atom stereocenters. The molecule has 0 rings (SSSR count). The number of hydrogen-bond donors (Lipinski definition) is 0. The normalized spacial score (nSPS) is 10.3. The quantitative estimate of drug-likeness (QED) is 0.644. The van der Waals surface area contributed by atoms with Gasteiger partial charge in [-0.05, 0) is 14.1 Å². The highest BCUT2D eigenvalue weighted by atomic mass is 79.9. The molecule has 3 nitrogen and oxygen atoms in total. The number of carbonyl (C=O) groups is 1. The molecule has 0 aliphatic carbocycles. The summed E-state index contributed by atoms with van der Waals surface area (Å²) in [6.07, 6.45) is 0. The molecular weight excluding hydrogens is 208 g/mol. The number of nitrogens with zero attached hydrogens (tertiary/aromatic N) is 2. The maximum absolute atomic E-state index is 11.0. The molecule has 0 aromatic carbocycles. The SMILES string of the molecule is CN(C)CCN(C)C(=O)CBr. The lowest BCUT2D eigenvalue weighted by Gasteiger charge is -2.18. The molecule has 1 amide bonds. The van der Waals surface area contributed by atoms with Crippen molar-refractivity contribution in [2.24, 2.45) is 0 Å². The van der Waals surface area contributed by atoms with E-state index in [1.54, 1.807) is 4.90 Å². The summed E-state index contributed by atoms with van der Waals surface area (Å²) >= 11 is 3.12. The highest BCUT2D eigenvalue weighted by Gasteiger charge is 2.05. The first-order chi connectivity index (χ1) is 5.07. The van der Waals surface area contributed by atoms with Crippen LogP contribution in [0.4, 0.5) is 0 Å². The Bertz CT molecular complexity index is 128. The van der Waals surface area contributed by atoms with Crippen LogP contribution >= 0.6 is 15.9 Å². The predicted molar refractivity (Wildman–Crippen MR) is 50.0 cm³/mol. The van der Waals surface area contributed by atoms with Crippen LogP contribution in [0.25, 0.3) is 0 Å². The molecule has 0 bridgehead atoms. The summed E-state index contributed by atoms with van der Waals surface area (Å²) in [5.74, 6) is 0.131. The lowest BCUT2D eigenvalue weighted by atomic mass is 10.5. The number of halogens is 1. The third-order valence-electron chi connectivity index (χ3n) is 1.42. The van der Waals surface area contributed by atoms with Gasteiger partial charge in [-0.1, -0.05) is 15.9 Å². The Morgan fingerprint density at radius 3 is 2.18 bits per heavy atom. The second kappa shape index (κ2) is 5.55. The summed E-state index contributed by atoms with van der Waals surface area (Å²) < 4.78 is 0. The van der Waals surface area contributed by atoms with Gasteiger partial charge >= 0.3 is 0 Å². The molecule has 0 fully saturated rings. The maximum Gasteiger partial charge on any atom is 0.233 e. The zero-order valence-electron chi connectivity index (χ0n) is 7.30. The van der Waals surface area contributed by atoms with Gasteiger partial charge in [0.15, 0.2) is 0 Å². The Kier molecular flexibility index (Phi) is 5.50. The molecular formula is C7H15BrN2O. The first-order valence-electron chi connectivity index (χ1n) is 3.52. The molecule has 4 heteroatoms. The van der Waals surface area contributed by atoms with E-state index >= 15 is 0 Å². The molecule has 0 saturated carbocycles. The van der Waals surface area contributed by atoms with Gasteiger partial charge < -0.3 is 9.80 Å². The zero-order chi connectivity index (χ0) is 8.85. The zero-order valence-corrected chi connectivity index (χ0v) is 8.89. The molecule has 0 saturated heterocycles. The number of likely N-dealkylation sites (N-methyl/N-ethyl adjacent to an activating group) is 2. The molecule has 0 heterocycles. The molecule has 11 heavy (non-hydrogen) atoms. The number of rotatable bonds is 4. The van der Waals surface area contributed by atoms with E-state index in [0.29, 0.717) is 5.33 Å². The van der Waals surface area contributed by atoms with Gasteiger partial charge in [-0.25, -0.2) is 0 Å². The summed E-state index contributed by atoms with van der Waals surface area (Å²) in [7, 11) is 5.80. The molecule has 0 atom stereocenters. The highest BCUT2D eigenvalue weighted by molar-refractivity contribution is 9.09. The molecule has 0 aliphatic heterocycles. The molecule has 0 radical (unpaired) electrons. The standard InChI is InChI=1S/C7H15BrN2O/c1-9(2)4-5-10(3)7(11)6-8/h4-6H2,1-3H3. The van der Waals surface area contributed by atoms with E-state index in [1.165, 1.54) is 0 Å². The summed E-state index contributed by atoms with van der Waals surface area (Å²) in [6.45, 7) is 1.70. The van der Waals surface area contributed by atoms with Crippen LogP contribution in [0.5, 0.6) is 0 Å². The van der Waals surface area contributed by atoms with Crippen LogP contribution in [-0.2, 0) is 4.79 Å². The van der Waals surface area contributed by atoms with E-state index in [-0.39, 0.29) is 5.91 Å². The van der Waals surface area contributed by atoms with Gasteiger partial charge in [-0.2, -0.15) is 0 Å². The lowest BCUT2D eigenvalue weighted by molar-refractivity contribution is -0.127. The van der Waals surface area contributed by atoms with Crippen molar-refractivity contribution in [3.05, 3.63) is 0 Å². The molecule has 0 aromatic rings. The minimum absolute atomic E-state index is 0.131. The monoisotopic (exact) mass is 222 g/mol. The number of hydrogen-bond acceptors (Lipinski definition) is 2. The molecule has 66 valence electrons. The Labute approximate surface area is 76.5 Å². The number of amides is 1. The van der Waals surface area contributed by atoms with Crippen LogP contribution in [0.1, 0.15) is 0 Å². The van der Waals surface area contributed by atoms with Gasteiger partial charge in [0.25, 0.3) is 0 Å². The van der Waals surface area contributed by atoms with E-state index in [0.717, 1.165) is 13.1 Å². The van der Waals surface area contributed by atoms with Gasteiger partial charge in [0.1, 0.15) is 0 Å². The van der Waals surface area contributed by atoms with E-state index < -0.39 is 0 Å². The third kappa shape index (κ3) is 5.21. The van der Waals surface area contributed by atoms with E-state index in [9.17, 15) is 4.79 Å². The third-order valence-corrected chi connectivity index (χ3v) is 1.90. The topological polar surface area (TPSA) is 23.6 Å². The van der Waals surface area contributed by atoms with Crippen molar-refractivity contribution in [3.63, 3.8) is 0 Å². The fourth-order valence-electron chi connectivity index (χ4n) is 0.577. The van der Waals surface area contributed by atoms with Gasteiger partial charge in [-0.3, -0.25) is 4.79 Å². The largest absolute Gasteiger partial charge is 0.344 e. The van der Waals surface area contributed by atoms with Crippen LogP contribution < -0.4 is 0 Å². The second-order valence-corrected chi connectivity index (χ2v) is 3.31. The smallest absolute Gasteiger partial charge is 0.233 e. The van der Waals surface area contributed by atoms with Gasteiger partial charge in [0, 0.05) is 20.1 Å². The van der Waals surface area contributed by atoms with Crippen LogP contribution in [0.2, 0.25) is 0 Å².